The molecular formula is C14H17BClNO2. The summed E-state index contributed by atoms with van der Waals surface area (Å²) >= 11 is 6.17. The van der Waals surface area contributed by atoms with Crippen LogP contribution in [-0.4, -0.2) is 23.3 Å². The van der Waals surface area contributed by atoms with Gasteiger partial charge >= 0.3 is 7.12 Å². The highest BCUT2D eigenvalue weighted by Gasteiger charge is 2.52. The molecule has 1 fully saturated rings. The Morgan fingerprint density at radius 2 is 1.74 bits per heavy atom. The van der Waals surface area contributed by atoms with Crippen molar-refractivity contribution in [3.05, 3.63) is 29.4 Å². The van der Waals surface area contributed by atoms with Gasteiger partial charge < -0.3 is 14.3 Å². The third-order valence-electron chi connectivity index (χ3n) is 4.17. The van der Waals surface area contributed by atoms with Gasteiger partial charge in [0.1, 0.15) is 0 Å². The number of aromatic nitrogens is 1. The molecule has 0 amide bonds. The fourth-order valence-electron chi connectivity index (χ4n) is 2.32. The average molecular weight is 278 g/mol. The number of aromatic amines is 1. The van der Waals surface area contributed by atoms with E-state index in [-0.39, 0.29) is 18.3 Å². The van der Waals surface area contributed by atoms with E-state index >= 15 is 0 Å². The van der Waals surface area contributed by atoms with Gasteiger partial charge in [-0.15, -0.1) is 0 Å². The standard InChI is InChI=1S/C14H17BClNO2/c1-13(2)14(3,4)19-15(18-13)11-7-9(16)8-12-10(11)5-6-17-12/h5-8,17H,1-4H3. The van der Waals surface area contributed by atoms with E-state index in [1.165, 1.54) is 0 Å². The van der Waals surface area contributed by atoms with Crippen LogP contribution < -0.4 is 5.46 Å². The summed E-state index contributed by atoms with van der Waals surface area (Å²) in [5.74, 6) is 0. The molecule has 2 heterocycles. The molecule has 19 heavy (non-hydrogen) atoms. The predicted octanol–water partition coefficient (Wildman–Crippen LogP) is 3.12. The lowest BCUT2D eigenvalue weighted by molar-refractivity contribution is 0.00578. The zero-order valence-corrected chi connectivity index (χ0v) is 12.3. The zero-order chi connectivity index (χ0) is 13.8. The van der Waals surface area contributed by atoms with Gasteiger partial charge in [0.15, 0.2) is 0 Å². The van der Waals surface area contributed by atoms with E-state index in [9.17, 15) is 0 Å². The van der Waals surface area contributed by atoms with E-state index in [2.05, 4.69) is 4.98 Å². The summed E-state index contributed by atoms with van der Waals surface area (Å²) in [6, 6.07) is 5.84. The van der Waals surface area contributed by atoms with Gasteiger partial charge in [-0.1, -0.05) is 11.6 Å². The lowest BCUT2D eigenvalue weighted by Crippen LogP contribution is -2.41. The molecule has 1 aliphatic heterocycles. The number of fused-ring (bicyclic) bond motifs is 1. The van der Waals surface area contributed by atoms with Gasteiger partial charge in [0.05, 0.1) is 11.2 Å². The minimum absolute atomic E-state index is 0.345. The number of rotatable bonds is 1. The molecule has 0 atom stereocenters. The van der Waals surface area contributed by atoms with Crippen LogP contribution in [0.2, 0.25) is 5.02 Å². The van der Waals surface area contributed by atoms with E-state index in [1.807, 2.05) is 52.1 Å². The Balaban J connectivity index is 2.09. The quantitative estimate of drug-likeness (QED) is 0.813. The SMILES string of the molecule is CC1(C)OB(c2cc(Cl)cc3[nH]ccc23)OC1(C)C. The fourth-order valence-corrected chi connectivity index (χ4v) is 2.55. The second-order valence-electron chi connectivity index (χ2n) is 6.02. The van der Waals surface area contributed by atoms with Gasteiger partial charge in [-0.2, -0.15) is 0 Å². The smallest absolute Gasteiger partial charge is 0.399 e. The van der Waals surface area contributed by atoms with Crippen molar-refractivity contribution < 1.29 is 9.31 Å². The van der Waals surface area contributed by atoms with Gasteiger partial charge in [-0.05, 0) is 56.7 Å². The van der Waals surface area contributed by atoms with Crippen LogP contribution in [0.3, 0.4) is 0 Å². The molecular weight excluding hydrogens is 260 g/mol. The first-order valence-corrected chi connectivity index (χ1v) is 6.80. The van der Waals surface area contributed by atoms with Crippen molar-refractivity contribution in [2.75, 3.05) is 0 Å². The van der Waals surface area contributed by atoms with Crippen molar-refractivity contribution in [3.8, 4) is 0 Å². The van der Waals surface area contributed by atoms with Crippen LogP contribution in [0.1, 0.15) is 27.7 Å². The summed E-state index contributed by atoms with van der Waals surface area (Å²) in [5, 5.41) is 1.77. The Kier molecular flexibility index (Phi) is 2.75. The molecule has 1 N–H and O–H groups in total. The Hall–Kier alpha value is -0.965. The lowest BCUT2D eigenvalue weighted by Gasteiger charge is -2.32. The molecule has 5 heteroatoms. The summed E-state index contributed by atoms with van der Waals surface area (Å²) in [4.78, 5) is 3.17. The van der Waals surface area contributed by atoms with Crippen molar-refractivity contribution in [3.63, 3.8) is 0 Å². The number of hydrogen-bond donors (Lipinski definition) is 1. The minimum Gasteiger partial charge on any atom is -0.399 e. The molecule has 0 spiro atoms. The highest BCUT2D eigenvalue weighted by atomic mass is 35.5. The minimum atomic E-state index is -0.387. The predicted molar refractivity (Wildman–Crippen MR) is 79.0 cm³/mol. The molecule has 3 rings (SSSR count). The molecule has 0 bridgehead atoms. The lowest BCUT2D eigenvalue weighted by atomic mass is 9.77. The van der Waals surface area contributed by atoms with Gasteiger partial charge in [0, 0.05) is 16.7 Å². The number of nitrogens with one attached hydrogen (secondary N) is 1. The van der Waals surface area contributed by atoms with Crippen molar-refractivity contribution in [1.82, 2.24) is 4.98 Å². The number of halogens is 1. The van der Waals surface area contributed by atoms with Crippen molar-refractivity contribution >= 4 is 35.1 Å². The third-order valence-corrected chi connectivity index (χ3v) is 4.39. The van der Waals surface area contributed by atoms with Crippen LogP contribution in [-0.2, 0) is 9.31 Å². The van der Waals surface area contributed by atoms with Crippen LogP contribution in [0.5, 0.6) is 0 Å². The fraction of sp³-hybridized carbons (Fsp3) is 0.429. The first kappa shape index (κ1) is 13.0. The molecule has 0 radical (unpaired) electrons. The normalized spacial score (nSPS) is 21.2. The summed E-state index contributed by atoms with van der Waals surface area (Å²) in [7, 11) is -0.387. The molecule has 0 saturated carbocycles. The molecule has 1 aliphatic rings. The number of H-pyrrole nitrogens is 1. The summed E-state index contributed by atoms with van der Waals surface area (Å²) < 4.78 is 12.2. The highest BCUT2D eigenvalue weighted by Crippen LogP contribution is 2.37. The Labute approximate surface area is 118 Å². The molecule has 1 aromatic heterocycles. The molecule has 2 aromatic rings. The summed E-state index contributed by atoms with van der Waals surface area (Å²) in [6.45, 7) is 8.19. The van der Waals surface area contributed by atoms with E-state index in [1.54, 1.807) is 0 Å². The molecule has 0 aliphatic carbocycles. The maximum Gasteiger partial charge on any atom is 0.495 e. The third kappa shape index (κ3) is 1.99. The van der Waals surface area contributed by atoms with Gasteiger partial charge in [0.25, 0.3) is 0 Å². The van der Waals surface area contributed by atoms with Crippen molar-refractivity contribution in [2.45, 2.75) is 38.9 Å². The number of hydrogen-bond acceptors (Lipinski definition) is 2. The van der Waals surface area contributed by atoms with Crippen LogP contribution in [0.25, 0.3) is 10.9 Å². The zero-order valence-electron chi connectivity index (χ0n) is 11.6. The topological polar surface area (TPSA) is 34.2 Å². The first-order chi connectivity index (χ1) is 8.80. The Morgan fingerprint density at radius 1 is 1.11 bits per heavy atom. The van der Waals surface area contributed by atoms with Crippen LogP contribution >= 0.6 is 11.6 Å². The number of benzene rings is 1. The maximum atomic E-state index is 6.17. The van der Waals surface area contributed by atoms with Gasteiger partial charge in [-0.3, -0.25) is 0 Å². The van der Waals surface area contributed by atoms with Crippen molar-refractivity contribution in [1.29, 1.82) is 0 Å². The van der Waals surface area contributed by atoms with Crippen molar-refractivity contribution in [2.24, 2.45) is 0 Å². The summed E-state index contributed by atoms with van der Waals surface area (Å²) in [6.07, 6.45) is 1.90. The van der Waals surface area contributed by atoms with Crippen LogP contribution in [0.4, 0.5) is 0 Å². The summed E-state index contributed by atoms with van der Waals surface area (Å²) in [5.41, 5.74) is 1.28. The monoisotopic (exact) mass is 277 g/mol. The largest absolute Gasteiger partial charge is 0.495 e. The molecule has 0 unspecified atom stereocenters. The molecule has 3 nitrogen and oxygen atoms in total. The van der Waals surface area contributed by atoms with Crippen LogP contribution in [0.15, 0.2) is 24.4 Å². The second kappa shape index (κ2) is 4.01. The van der Waals surface area contributed by atoms with E-state index in [4.69, 9.17) is 20.9 Å². The van der Waals surface area contributed by atoms with Gasteiger partial charge in [-0.25, -0.2) is 0 Å². The van der Waals surface area contributed by atoms with Gasteiger partial charge in [0.2, 0.25) is 0 Å². The molecule has 1 aromatic carbocycles. The maximum absolute atomic E-state index is 6.17. The Morgan fingerprint density at radius 3 is 2.37 bits per heavy atom. The first-order valence-electron chi connectivity index (χ1n) is 6.42. The second-order valence-corrected chi connectivity index (χ2v) is 6.46. The van der Waals surface area contributed by atoms with E-state index in [0.717, 1.165) is 16.4 Å². The molecule has 1 saturated heterocycles. The average Bonchev–Trinajstić information content (AvgIpc) is 2.80. The highest BCUT2D eigenvalue weighted by molar-refractivity contribution is 6.65. The molecule has 100 valence electrons. The van der Waals surface area contributed by atoms with E-state index in [0.29, 0.717) is 5.02 Å². The van der Waals surface area contributed by atoms with E-state index < -0.39 is 0 Å². The van der Waals surface area contributed by atoms with Crippen LogP contribution in [0, 0.1) is 0 Å². The Bertz CT molecular complexity index is 619.